The fourth-order valence-electron chi connectivity index (χ4n) is 1.55. The van der Waals surface area contributed by atoms with Gasteiger partial charge in [-0.25, -0.2) is 4.39 Å². The van der Waals surface area contributed by atoms with Crippen LogP contribution in [0.4, 0.5) is 4.39 Å². The molecule has 0 N–H and O–H groups in total. The molecule has 2 aromatic rings. The predicted molar refractivity (Wildman–Crippen MR) is 71.8 cm³/mol. The van der Waals surface area contributed by atoms with Crippen LogP contribution in [0.25, 0.3) is 0 Å². The lowest BCUT2D eigenvalue weighted by Gasteiger charge is -2.09. The molecule has 0 amide bonds. The highest BCUT2D eigenvalue weighted by molar-refractivity contribution is 8.00. The fourth-order valence-corrected chi connectivity index (χ4v) is 2.49. The van der Waals surface area contributed by atoms with Crippen molar-refractivity contribution in [1.29, 1.82) is 0 Å². The highest BCUT2D eigenvalue weighted by Crippen LogP contribution is 2.24. The molecular formula is C13H14FN3OS. The zero-order valence-corrected chi connectivity index (χ0v) is 11.7. The van der Waals surface area contributed by atoms with Crippen molar-refractivity contribution in [2.75, 3.05) is 0 Å². The Morgan fingerprint density at radius 3 is 2.47 bits per heavy atom. The van der Waals surface area contributed by atoms with Crippen molar-refractivity contribution in [2.45, 2.75) is 24.3 Å². The van der Waals surface area contributed by atoms with Gasteiger partial charge in [0.15, 0.2) is 10.9 Å². The van der Waals surface area contributed by atoms with Gasteiger partial charge < -0.3 is 4.57 Å². The topological polar surface area (TPSA) is 47.8 Å². The minimum absolute atomic E-state index is 0.0503. The first-order chi connectivity index (χ1) is 8.99. The second-order valence-corrected chi connectivity index (χ2v) is 5.53. The van der Waals surface area contributed by atoms with Crippen molar-refractivity contribution < 1.29 is 9.18 Å². The highest BCUT2D eigenvalue weighted by atomic mass is 32.2. The summed E-state index contributed by atoms with van der Waals surface area (Å²) < 4.78 is 14.6. The third kappa shape index (κ3) is 3.01. The van der Waals surface area contributed by atoms with Gasteiger partial charge in [-0.05, 0) is 38.1 Å². The third-order valence-corrected chi connectivity index (χ3v) is 3.97. The molecule has 1 heterocycles. The summed E-state index contributed by atoms with van der Waals surface area (Å²) in [4.78, 5) is 12.2. The molecule has 0 unspecified atom stereocenters. The Balaban J connectivity index is 2.11. The molecular weight excluding hydrogens is 265 g/mol. The van der Waals surface area contributed by atoms with Crippen LogP contribution >= 0.6 is 11.8 Å². The quantitative estimate of drug-likeness (QED) is 0.637. The second-order valence-electron chi connectivity index (χ2n) is 4.22. The van der Waals surface area contributed by atoms with Crippen LogP contribution in [-0.2, 0) is 7.05 Å². The minimum Gasteiger partial charge on any atom is -0.309 e. The number of hydrogen-bond donors (Lipinski definition) is 0. The molecule has 0 saturated heterocycles. The lowest BCUT2D eigenvalue weighted by atomic mass is 10.1. The van der Waals surface area contributed by atoms with Gasteiger partial charge >= 0.3 is 0 Å². The van der Waals surface area contributed by atoms with E-state index in [-0.39, 0.29) is 16.9 Å². The van der Waals surface area contributed by atoms with Crippen LogP contribution in [-0.4, -0.2) is 25.8 Å². The Hall–Kier alpha value is -1.69. The summed E-state index contributed by atoms with van der Waals surface area (Å²) in [6.07, 6.45) is 0. The van der Waals surface area contributed by atoms with E-state index in [2.05, 4.69) is 10.2 Å². The molecule has 0 saturated carbocycles. The van der Waals surface area contributed by atoms with Crippen molar-refractivity contribution in [3.63, 3.8) is 0 Å². The first-order valence-corrected chi connectivity index (χ1v) is 6.69. The van der Waals surface area contributed by atoms with Gasteiger partial charge in [0.05, 0.1) is 5.25 Å². The molecule has 1 atom stereocenters. The number of rotatable bonds is 4. The summed E-state index contributed by atoms with van der Waals surface area (Å²) in [5.41, 5.74) is 0.500. The summed E-state index contributed by atoms with van der Waals surface area (Å²) in [7, 11) is 1.85. The van der Waals surface area contributed by atoms with Gasteiger partial charge in [-0.2, -0.15) is 0 Å². The Kier molecular flexibility index (Phi) is 3.99. The Morgan fingerprint density at radius 1 is 1.32 bits per heavy atom. The van der Waals surface area contributed by atoms with E-state index in [1.54, 1.807) is 6.92 Å². The number of aromatic nitrogens is 3. The zero-order valence-electron chi connectivity index (χ0n) is 10.9. The van der Waals surface area contributed by atoms with Crippen molar-refractivity contribution in [1.82, 2.24) is 14.8 Å². The molecule has 0 aliphatic carbocycles. The van der Waals surface area contributed by atoms with Gasteiger partial charge in [0, 0.05) is 12.6 Å². The van der Waals surface area contributed by atoms with Crippen LogP contribution in [0.5, 0.6) is 0 Å². The molecule has 0 bridgehead atoms. The SMILES string of the molecule is Cc1nnc(S[C@H](C)C(=O)c2ccc(F)cc2)n1C. The summed E-state index contributed by atoms with van der Waals surface area (Å²) in [6, 6.07) is 5.57. The summed E-state index contributed by atoms with van der Waals surface area (Å²) in [5, 5.41) is 8.35. The maximum Gasteiger partial charge on any atom is 0.191 e. The molecule has 0 spiro atoms. The lowest BCUT2D eigenvalue weighted by molar-refractivity contribution is 0.0994. The molecule has 1 aromatic carbocycles. The van der Waals surface area contributed by atoms with E-state index in [4.69, 9.17) is 0 Å². The summed E-state index contributed by atoms with van der Waals surface area (Å²) in [5.74, 6) is 0.398. The molecule has 0 aliphatic heterocycles. The maximum atomic E-state index is 12.8. The van der Waals surface area contributed by atoms with Crippen LogP contribution < -0.4 is 0 Å². The van der Waals surface area contributed by atoms with Crippen molar-refractivity contribution in [2.24, 2.45) is 7.05 Å². The van der Waals surface area contributed by atoms with Gasteiger partial charge in [0.1, 0.15) is 11.6 Å². The average molecular weight is 279 g/mol. The van der Waals surface area contributed by atoms with E-state index in [0.29, 0.717) is 10.7 Å². The molecule has 0 aliphatic rings. The average Bonchev–Trinajstić information content (AvgIpc) is 2.71. The molecule has 100 valence electrons. The number of thioether (sulfide) groups is 1. The van der Waals surface area contributed by atoms with Crippen LogP contribution in [0.3, 0.4) is 0 Å². The number of carbonyl (C=O) groups is 1. The molecule has 4 nitrogen and oxygen atoms in total. The molecule has 19 heavy (non-hydrogen) atoms. The molecule has 1 aromatic heterocycles. The highest BCUT2D eigenvalue weighted by Gasteiger charge is 2.19. The molecule has 2 rings (SSSR count). The van der Waals surface area contributed by atoms with Crippen molar-refractivity contribution in [3.05, 3.63) is 41.5 Å². The normalized spacial score (nSPS) is 12.4. The number of aryl methyl sites for hydroxylation is 1. The number of ketones is 1. The van der Waals surface area contributed by atoms with E-state index in [1.165, 1.54) is 36.0 Å². The number of benzene rings is 1. The van der Waals surface area contributed by atoms with Gasteiger partial charge in [0.25, 0.3) is 0 Å². The monoisotopic (exact) mass is 279 g/mol. The summed E-state index contributed by atoms with van der Waals surface area (Å²) in [6.45, 7) is 3.66. The predicted octanol–water partition coefficient (Wildman–Crippen LogP) is 2.63. The number of carbonyl (C=O) groups excluding carboxylic acids is 1. The van der Waals surface area contributed by atoms with E-state index in [9.17, 15) is 9.18 Å². The first-order valence-electron chi connectivity index (χ1n) is 5.81. The first kappa shape index (κ1) is 13.7. The smallest absolute Gasteiger partial charge is 0.191 e. The zero-order chi connectivity index (χ0) is 14.0. The Labute approximate surface area is 115 Å². The Morgan fingerprint density at radius 2 is 1.95 bits per heavy atom. The van der Waals surface area contributed by atoms with Gasteiger partial charge in [-0.3, -0.25) is 4.79 Å². The van der Waals surface area contributed by atoms with Crippen LogP contribution in [0, 0.1) is 12.7 Å². The lowest BCUT2D eigenvalue weighted by Crippen LogP contribution is -2.14. The van der Waals surface area contributed by atoms with Crippen molar-refractivity contribution >= 4 is 17.5 Å². The number of Topliss-reactive ketones (excluding diaryl/α,β-unsaturated/α-hetero) is 1. The number of halogens is 1. The third-order valence-electron chi connectivity index (χ3n) is 2.83. The van der Waals surface area contributed by atoms with Gasteiger partial charge in [-0.1, -0.05) is 11.8 Å². The molecule has 0 radical (unpaired) electrons. The minimum atomic E-state index is -0.346. The van der Waals surface area contributed by atoms with E-state index >= 15 is 0 Å². The standard InChI is InChI=1S/C13H14FN3OS/c1-8(19-13-16-15-9(2)17(13)3)12(18)10-4-6-11(14)7-5-10/h4-8H,1-3H3/t8-/m1/s1. The van der Waals surface area contributed by atoms with E-state index in [0.717, 1.165) is 5.82 Å². The van der Waals surface area contributed by atoms with E-state index < -0.39 is 0 Å². The Bertz CT molecular complexity index is 594. The van der Waals surface area contributed by atoms with Gasteiger partial charge in [-0.15, -0.1) is 10.2 Å². The van der Waals surface area contributed by atoms with Crippen LogP contribution in [0.1, 0.15) is 23.1 Å². The van der Waals surface area contributed by atoms with Crippen molar-refractivity contribution in [3.8, 4) is 0 Å². The van der Waals surface area contributed by atoms with Gasteiger partial charge in [0.2, 0.25) is 0 Å². The van der Waals surface area contributed by atoms with Crippen LogP contribution in [0.2, 0.25) is 0 Å². The number of nitrogens with zero attached hydrogens (tertiary/aromatic N) is 3. The van der Waals surface area contributed by atoms with E-state index in [1.807, 2.05) is 18.5 Å². The molecule has 6 heteroatoms. The largest absolute Gasteiger partial charge is 0.309 e. The molecule has 0 fully saturated rings. The maximum absolute atomic E-state index is 12.8. The summed E-state index contributed by atoms with van der Waals surface area (Å²) >= 11 is 1.34. The fraction of sp³-hybridized carbons (Fsp3) is 0.308. The number of hydrogen-bond acceptors (Lipinski definition) is 4. The van der Waals surface area contributed by atoms with Crippen LogP contribution in [0.15, 0.2) is 29.4 Å². The second kappa shape index (κ2) is 5.52.